The molecule has 0 aliphatic carbocycles. The van der Waals surface area contributed by atoms with E-state index in [0.29, 0.717) is 6.61 Å². The van der Waals surface area contributed by atoms with Gasteiger partial charge in [0.25, 0.3) is 0 Å². The van der Waals surface area contributed by atoms with E-state index in [2.05, 4.69) is 10.1 Å². The first-order valence-electron chi connectivity index (χ1n) is 3.11. The summed E-state index contributed by atoms with van der Waals surface area (Å²) in [7, 11) is 0. The predicted molar refractivity (Wildman–Crippen MR) is 35.2 cm³/mol. The molecule has 0 unspecified atom stereocenters. The topological polar surface area (TPSA) is 38.3 Å². The number of hydrogen-bond donors (Lipinski definition) is 1. The van der Waals surface area contributed by atoms with Gasteiger partial charge in [0.1, 0.15) is 6.61 Å². The molecule has 0 saturated heterocycles. The van der Waals surface area contributed by atoms with Crippen LogP contribution in [-0.4, -0.2) is 25.7 Å². The largest absolute Gasteiger partial charge is 0.465 e. The Labute approximate surface area is 55.4 Å². The van der Waals surface area contributed by atoms with Crippen molar-refractivity contribution in [3.8, 4) is 0 Å². The number of hydrogen-bond acceptors (Lipinski definition) is 3. The average molecular weight is 131 g/mol. The van der Waals surface area contributed by atoms with Gasteiger partial charge in [0.15, 0.2) is 0 Å². The SMILES string of the molecule is CCNCCOC(C)=O. The van der Waals surface area contributed by atoms with E-state index >= 15 is 0 Å². The minimum Gasteiger partial charge on any atom is -0.465 e. The molecule has 3 nitrogen and oxygen atoms in total. The Morgan fingerprint density at radius 2 is 2.33 bits per heavy atom. The highest BCUT2D eigenvalue weighted by molar-refractivity contribution is 5.65. The lowest BCUT2D eigenvalue weighted by molar-refractivity contribution is -0.140. The van der Waals surface area contributed by atoms with E-state index in [1.807, 2.05) is 6.92 Å². The fourth-order valence-electron chi connectivity index (χ4n) is 0.444. The van der Waals surface area contributed by atoms with Crippen LogP contribution in [0, 0.1) is 0 Å². The summed E-state index contributed by atoms with van der Waals surface area (Å²) in [6.07, 6.45) is 0. The molecular weight excluding hydrogens is 118 g/mol. The third-order valence-electron chi connectivity index (χ3n) is 0.834. The summed E-state index contributed by atoms with van der Waals surface area (Å²) in [5.41, 5.74) is 0. The second kappa shape index (κ2) is 5.56. The third kappa shape index (κ3) is 7.43. The minimum absolute atomic E-state index is 0.215. The summed E-state index contributed by atoms with van der Waals surface area (Å²) in [5.74, 6) is -0.215. The zero-order valence-corrected chi connectivity index (χ0v) is 5.94. The molecule has 1 N–H and O–H groups in total. The molecule has 0 spiro atoms. The van der Waals surface area contributed by atoms with Crippen LogP contribution in [0.15, 0.2) is 0 Å². The first-order valence-corrected chi connectivity index (χ1v) is 3.11. The van der Waals surface area contributed by atoms with E-state index in [9.17, 15) is 4.79 Å². The maximum absolute atomic E-state index is 10.2. The smallest absolute Gasteiger partial charge is 0.302 e. The highest BCUT2D eigenvalue weighted by atomic mass is 16.5. The van der Waals surface area contributed by atoms with Crippen molar-refractivity contribution >= 4 is 5.97 Å². The lowest BCUT2D eigenvalue weighted by Gasteiger charge is -2.00. The molecule has 0 saturated carbocycles. The fourth-order valence-corrected chi connectivity index (χ4v) is 0.444. The van der Waals surface area contributed by atoms with E-state index in [1.54, 1.807) is 0 Å². The van der Waals surface area contributed by atoms with Crippen molar-refractivity contribution in [1.82, 2.24) is 5.32 Å². The van der Waals surface area contributed by atoms with E-state index < -0.39 is 0 Å². The van der Waals surface area contributed by atoms with Crippen molar-refractivity contribution in [1.29, 1.82) is 0 Å². The molecule has 0 radical (unpaired) electrons. The van der Waals surface area contributed by atoms with Crippen molar-refractivity contribution in [2.75, 3.05) is 19.7 Å². The summed E-state index contributed by atoms with van der Waals surface area (Å²) >= 11 is 0. The van der Waals surface area contributed by atoms with Crippen LogP contribution < -0.4 is 5.32 Å². The summed E-state index contributed by atoms with van der Waals surface area (Å²) in [6, 6.07) is 0. The number of carbonyl (C=O) groups excluding carboxylic acids is 1. The molecular formula is C6H13NO2. The zero-order valence-electron chi connectivity index (χ0n) is 5.94. The maximum atomic E-state index is 10.2. The monoisotopic (exact) mass is 131 g/mol. The Balaban J connectivity index is 2.83. The Morgan fingerprint density at radius 1 is 1.67 bits per heavy atom. The van der Waals surface area contributed by atoms with Gasteiger partial charge in [-0.05, 0) is 6.54 Å². The van der Waals surface area contributed by atoms with Gasteiger partial charge in [0.2, 0.25) is 0 Å². The Kier molecular flexibility index (Phi) is 5.21. The lowest BCUT2D eigenvalue weighted by Crippen LogP contribution is -2.19. The van der Waals surface area contributed by atoms with Crippen LogP contribution in [-0.2, 0) is 9.53 Å². The standard InChI is InChI=1S/C6H13NO2/c1-3-7-4-5-9-6(2)8/h7H,3-5H2,1-2H3. The van der Waals surface area contributed by atoms with Crippen molar-refractivity contribution < 1.29 is 9.53 Å². The maximum Gasteiger partial charge on any atom is 0.302 e. The van der Waals surface area contributed by atoms with Gasteiger partial charge in [-0.25, -0.2) is 0 Å². The van der Waals surface area contributed by atoms with Crippen molar-refractivity contribution in [3.05, 3.63) is 0 Å². The summed E-state index contributed by atoms with van der Waals surface area (Å²) < 4.78 is 4.64. The second-order valence-electron chi connectivity index (χ2n) is 1.69. The molecule has 0 fully saturated rings. The Morgan fingerprint density at radius 3 is 2.78 bits per heavy atom. The number of carbonyl (C=O) groups is 1. The molecule has 0 aliphatic rings. The van der Waals surface area contributed by atoms with E-state index in [1.165, 1.54) is 6.92 Å². The normalized spacial score (nSPS) is 9.11. The van der Waals surface area contributed by atoms with Crippen LogP contribution >= 0.6 is 0 Å². The summed E-state index contributed by atoms with van der Waals surface area (Å²) in [4.78, 5) is 10.2. The Hall–Kier alpha value is -0.570. The molecule has 0 rings (SSSR count). The van der Waals surface area contributed by atoms with E-state index in [0.717, 1.165) is 13.1 Å². The van der Waals surface area contributed by atoms with Crippen molar-refractivity contribution in [3.63, 3.8) is 0 Å². The predicted octanol–water partition coefficient (Wildman–Crippen LogP) is 0.159. The molecule has 0 aromatic heterocycles. The van der Waals surface area contributed by atoms with Crippen LogP contribution in [0.5, 0.6) is 0 Å². The third-order valence-corrected chi connectivity index (χ3v) is 0.834. The minimum atomic E-state index is -0.215. The van der Waals surface area contributed by atoms with Crippen molar-refractivity contribution in [2.45, 2.75) is 13.8 Å². The van der Waals surface area contributed by atoms with Gasteiger partial charge >= 0.3 is 5.97 Å². The highest BCUT2D eigenvalue weighted by Gasteiger charge is 1.88. The molecule has 0 bridgehead atoms. The first kappa shape index (κ1) is 8.43. The summed E-state index contributed by atoms with van der Waals surface area (Å²) in [6.45, 7) is 5.56. The van der Waals surface area contributed by atoms with Gasteiger partial charge in [0, 0.05) is 13.5 Å². The van der Waals surface area contributed by atoms with Crippen LogP contribution in [0.1, 0.15) is 13.8 Å². The van der Waals surface area contributed by atoms with Gasteiger partial charge in [-0.3, -0.25) is 4.79 Å². The van der Waals surface area contributed by atoms with Crippen LogP contribution in [0.25, 0.3) is 0 Å². The van der Waals surface area contributed by atoms with Gasteiger partial charge in [-0.2, -0.15) is 0 Å². The number of nitrogens with one attached hydrogen (secondary N) is 1. The lowest BCUT2D eigenvalue weighted by atomic mass is 10.6. The summed E-state index contributed by atoms with van der Waals surface area (Å²) in [5, 5.41) is 3.03. The highest BCUT2D eigenvalue weighted by Crippen LogP contribution is 1.72. The number of likely N-dealkylation sites (N-methyl/N-ethyl adjacent to an activating group) is 1. The second-order valence-corrected chi connectivity index (χ2v) is 1.69. The number of esters is 1. The molecule has 0 amide bonds. The number of ether oxygens (including phenoxy) is 1. The van der Waals surface area contributed by atoms with Gasteiger partial charge in [0.05, 0.1) is 0 Å². The van der Waals surface area contributed by atoms with E-state index in [4.69, 9.17) is 0 Å². The molecule has 0 aromatic rings. The van der Waals surface area contributed by atoms with Gasteiger partial charge < -0.3 is 10.1 Å². The molecule has 54 valence electrons. The number of rotatable bonds is 4. The van der Waals surface area contributed by atoms with Gasteiger partial charge in [-0.15, -0.1) is 0 Å². The molecule has 0 heterocycles. The van der Waals surface area contributed by atoms with Crippen LogP contribution in [0.3, 0.4) is 0 Å². The Bertz CT molecular complexity index is 83.1. The van der Waals surface area contributed by atoms with Crippen LogP contribution in [0.4, 0.5) is 0 Å². The average Bonchev–Trinajstić information content (AvgIpc) is 1.80. The first-order chi connectivity index (χ1) is 4.27. The van der Waals surface area contributed by atoms with Crippen molar-refractivity contribution in [2.24, 2.45) is 0 Å². The molecule has 0 aliphatic heterocycles. The van der Waals surface area contributed by atoms with Crippen LogP contribution in [0.2, 0.25) is 0 Å². The fraction of sp³-hybridized carbons (Fsp3) is 0.833. The van der Waals surface area contributed by atoms with E-state index in [-0.39, 0.29) is 5.97 Å². The molecule has 3 heteroatoms. The molecule has 0 aromatic carbocycles. The molecule has 0 atom stereocenters. The quantitative estimate of drug-likeness (QED) is 0.436. The van der Waals surface area contributed by atoms with Gasteiger partial charge in [-0.1, -0.05) is 6.92 Å². The molecule has 9 heavy (non-hydrogen) atoms. The zero-order chi connectivity index (χ0) is 7.11.